The van der Waals surface area contributed by atoms with Crippen LogP contribution in [0.4, 0.5) is 21.5 Å². The van der Waals surface area contributed by atoms with Crippen LogP contribution in [0, 0.1) is 19.3 Å². The third-order valence-corrected chi connectivity index (χ3v) is 6.38. The molecule has 0 radical (unpaired) electrons. The van der Waals surface area contributed by atoms with Crippen LogP contribution >= 0.6 is 12.2 Å². The van der Waals surface area contributed by atoms with E-state index in [9.17, 15) is 9.59 Å². The molecule has 0 unspecified atom stereocenters. The summed E-state index contributed by atoms with van der Waals surface area (Å²) in [6, 6.07) is 9.62. The smallest absolute Gasteiger partial charge is 0.269 e. The van der Waals surface area contributed by atoms with E-state index in [0.717, 1.165) is 5.56 Å². The minimum atomic E-state index is -1.06. The molecule has 35 heavy (non-hydrogen) atoms. The highest BCUT2D eigenvalue weighted by Gasteiger charge is 2.50. The maximum Gasteiger partial charge on any atom is 0.269 e. The van der Waals surface area contributed by atoms with Crippen LogP contribution in [-0.4, -0.2) is 32.0 Å². The van der Waals surface area contributed by atoms with E-state index in [4.69, 9.17) is 18.8 Å². The third-order valence-electron chi connectivity index (χ3n) is 6.01. The fourth-order valence-corrected chi connectivity index (χ4v) is 4.54. The number of carbonyl (C=O) groups excluding carboxylic acids is 2. The first-order chi connectivity index (χ1) is 16.6. The third kappa shape index (κ3) is 4.15. The lowest BCUT2D eigenvalue weighted by atomic mass is 10.0. The van der Waals surface area contributed by atoms with Crippen LogP contribution in [-0.2, 0) is 18.4 Å². The monoisotopic (exact) mass is 490 g/mol. The zero-order valence-corrected chi connectivity index (χ0v) is 20.5. The predicted molar refractivity (Wildman–Crippen MR) is 135 cm³/mol. The zero-order chi connectivity index (χ0) is 25.5. The summed E-state index contributed by atoms with van der Waals surface area (Å²) in [5, 5.41) is 2.90. The molecule has 2 heterocycles. The lowest BCUT2D eigenvalue weighted by Crippen LogP contribution is -2.44. The van der Waals surface area contributed by atoms with Crippen molar-refractivity contribution in [1.82, 2.24) is 14.9 Å². The fraction of sp³-hybridized carbons (Fsp3) is 0.240. The Bertz CT molecular complexity index is 1410. The molecule has 1 aromatic heterocycles. The van der Waals surface area contributed by atoms with Gasteiger partial charge in [0.2, 0.25) is 0 Å². The van der Waals surface area contributed by atoms with Crippen molar-refractivity contribution < 1.29 is 14.0 Å². The molecule has 3 aromatic rings. The zero-order valence-electron chi connectivity index (χ0n) is 19.7. The highest BCUT2D eigenvalue weighted by Crippen LogP contribution is 2.38. The van der Waals surface area contributed by atoms with Crippen LogP contribution < -0.4 is 15.1 Å². The molecule has 1 N–H and O–H groups in total. The summed E-state index contributed by atoms with van der Waals surface area (Å²) >= 11 is 5.66. The molecule has 1 fully saturated rings. The van der Waals surface area contributed by atoms with E-state index in [1.54, 1.807) is 67.6 Å². The largest absolute Gasteiger partial charge is 0.347 e. The van der Waals surface area contributed by atoms with Gasteiger partial charge in [0.15, 0.2) is 10.8 Å². The second-order valence-electron chi connectivity index (χ2n) is 8.75. The summed E-state index contributed by atoms with van der Waals surface area (Å²) in [4.78, 5) is 36.0. The summed E-state index contributed by atoms with van der Waals surface area (Å²) < 4.78 is 16.6. The number of imidazole rings is 1. The van der Waals surface area contributed by atoms with Gasteiger partial charge in [0.25, 0.3) is 11.8 Å². The summed E-state index contributed by atoms with van der Waals surface area (Å²) in [5.74, 6) is -1.16. The molecule has 0 atom stereocenters. The molecule has 2 aromatic carbocycles. The number of nitrogens with one attached hydrogen (secondary N) is 1. The molecular formula is C25H23FN6O2S. The number of anilines is 2. The number of aromatic nitrogens is 2. The molecular weight excluding hydrogens is 467 g/mol. The number of nitrogens with zero attached hydrogens (tertiary/aromatic N) is 5. The van der Waals surface area contributed by atoms with Crippen LogP contribution in [0.5, 0.6) is 0 Å². The molecule has 178 valence electrons. The number of carbonyl (C=O) groups is 2. The van der Waals surface area contributed by atoms with E-state index in [1.165, 1.54) is 23.5 Å². The number of halogens is 1. The molecule has 0 saturated carbocycles. The molecule has 10 heteroatoms. The van der Waals surface area contributed by atoms with Gasteiger partial charge in [0, 0.05) is 30.5 Å². The van der Waals surface area contributed by atoms with Crippen LogP contribution in [0.25, 0.3) is 4.85 Å². The summed E-state index contributed by atoms with van der Waals surface area (Å²) in [6.07, 6.45) is 2.95. The van der Waals surface area contributed by atoms with Crippen LogP contribution in [0.1, 0.15) is 35.5 Å². The molecule has 8 nitrogen and oxygen atoms in total. The standard InChI is InChI=1S/C25H23FN6O2S/c1-15-10-17(8-9-20(15)27-4)31-23(34)25(2,3)32(24(31)35)18-7-6-16(19(26)11-18)12-29-22(33)21-13-28-14-30(21)5/h6-11,13-14H,12H2,1-3,5H3,(H,29,33). The SMILES string of the molecule is [C-]#[N+]c1ccc(N2C(=O)C(C)(C)N(c3ccc(CNC(=O)c4cncn4C)c(F)c3)C2=S)cc1C. The second kappa shape index (κ2) is 8.92. The Morgan fingerprint density at radius 1 is 1.23 bits per heavy atom. The Labute approximate surface area is 207 Å². The molecule has 0 spiro atoms. The topological polar surface area (TPSA) is 74.8 Å². The maximum absolute atomic E-state index is 15.0. The second-order valence-corrected chi connectivity index (χ2v) is 9.11. The van der Waals surface area contributed by atoms with Crippen LogP contribution in [0.2, 0.25) is 0 Å². The van der Waals surface area contributed by atoms with E-state index in [2.05, 4.69) is 15.1 Å². The van der Waals surface area contributed by atoms with Gasteiger partial charge in [-0.3, -0.25) is 14.5 Å². The first kappa shape index (κ1) is 24.0. The van der Waals surface area contributed by atoms with Crippen molar-refractivity contribution in [2.45, 2.75) is 32.9 Å². The van der Waals surface area contributed by atoms with Gasteiger partial charge < -0.3 is 14.8 Å². The molecule has 4 rings (SSSR count). The van der Waals surface area contributed by atoms with Gasteiger partial charge in [-0.05, 0) is 62.8 Å². The molecule has 1 aliphatic heterocycles. The number of amides is 2. The Morgan fingerprint density at radius 2 is 1.94 bits per heavy atom. The first-order valence-electron chi connectivity index (χ1n) is 10.8. The molecule has 1 saturated heterocycles. The minimum absolute atomic E-state index is 0.0122. The number of aryl methyl sites for hydroxylation is 2. The molecule has 1 aliphatic rings. The van der Waals surface area contributed by atoms with Crippen molar-refractivity contribution in [3.05, 3.63) is 83.0 Å². The van der Waals surface area contributed by atoms with E-state index >= 15 is 4.39 Å². The van der Waals surface area contributed by atoms with Crippen molar-refractivity contribution in [3.63, 3.8) is 0 Å². The average molecular weight is 491 g/mol. The molecule has 2 amide bonds. The average Bonchev–Trinajstić information content (AvgIpc) is 3.31. The normalized spacial score (nSPS) is 14.9. The summed E-state index contributed by atoms with van der Waals surface area (Å²) in [6.45, 7) is 12.5. The van der Waals surface area contributed by atoms with Gasteiger partial charge in [-0.15, -0.1) is 0 Å². The van der Waals surface area contributed by atoms with Gasteiger partial charge in [-0.1, -0.05) is 12.1 Å². The molecule has 0 aliphatic carbocycles. The van der Waals surface area contributed by atoms with Crippen LogP contribution in [0.3, 0.4) is 0 Å². The van der Waals surface area contributed by atoms with E-state index in [0.29, 0.717) is 28.3 Å². The fourth-order valence-electron chi connectivity index (χ4n) is 4.02. The van der Waals surface area contributed by atoms with Crippen molar-refractivity contribution in [2.24, 2.45) is 7.05 Å². The Kier molecular flexibility index (Phi) is 6.13. The van der Waals surface area contributed by atoms with E-state index in [-0.39, 0.29) is 23.5 Å². The maximum atomic E-state index is 15.0. The van der Waals surface area contributed by atoms with Crippen molar-refractivity contribution >= 4 is 46.2 Å². The van der Waals surface area contributed by atoms with Gasteiger partial charge >= 0.3 is 0 Å². The van der Waals surface area contributed by atoms with Gasteiger partial charge in [0.1, 0.15) is 17.1 Å². The van der Waals surface area contributed by atoms with Gasteiger partial charge in [-0.25, -0.2) is 14.2 Å². The lowest BCUT2D eigenvalue weighted by molar-refractivity contribution is -0.120. The van der Waals surface area contributed by atoms with Crippen LogP contribution in [0.15, 0.2) is 48.9 Å². The number of hydrogen-bond acceptors (Lipinski definition) is 4. The number of thiocarbonyl (C=S) groups is 1. The summed E-state index contributed by atoms with van der Waals surface area (Å²) in [7, 11) is 1.70. The minimum Gasteiger partial charge on any atom is -0.347 e. The number of rotatable bonds is 5. The van der Waals surface area contributed by atoms with Gasteiger partial charge in [-0.2, -0.15) is 0 Å². The number of benzene rings is 2. The Balaban J connectivity index is 1.59. The quantitative estimate of drug-likeness (QED) is 0.427. The predicted octanol–water partition coefficient (Wildman–Crippen LogP) is 4.27. The van der Waals surface area contributed by atoms with Crippen molar-refractivity contribution in [2.75, 3.05) is 9.80 Å². The van der Waals surface area contributed by atoms with Gasteiger partial charge in [0.05, 0.1) is 19.1 Å². The Hall–Kier alpha value is -4.10. The lowest BCUT2D eigenvalue weighted by Gasteiger charge is -2.29. The van der Waals surface area contributed by atoms with E-state index in [1.807, 2.05) is 0 Å². The highest BCUT2D eigenvalue weighted by molar-refractivity contribution is 7.81. The Morgan fingerprint density at radius 3 is 2.54 bits per heavy atom. The van der Waals surface area contributed by atoms with Crippen molar-refractivity contribution in [3.8, 4) is 0 Å². The molecule has 0 bridgehead atoms. The van der Waals surface area contributed by atoms with Crippen molar-refractivity contribution in [1.29, 1.82) is 0 Å². The first-order valence-corrected chi connectivity index (χ1v) is 11.2. The van der Waals surface area contributed by atoms with E-state index < -0.39 is 11.4 Å². The summed E-state index contributed by atoms with van der Waals surface area (Å²) in [5.41, 5.74) is 1.79. The number of hydrogen-bond donors (Lipinski definition) is 1. The highest BCUT2D eigenvalue weighted by atomic mass is 32.1.